The monoisotopic (exact) mass is 286 g/mol. The van der Waals surface area contributed by atoms with Gasteiger partial charge in [-0.3, -0.25) is 4.79 Å². The Balaban J connectivity index is 2.00. The Labute approximate surface area is 110 Å². The number of alkyl halides is 2. The number of rotatable bonds is 4. The van der Waals surface area contributed by atoms with Crippen molar-refractivity contribution in [1.29, 1.82) is 0 Å². The van der Waals surface area contributed by atoms with Crippen molar-refractivity contribution >= 4 is 34.7 Å². The molecule has 7 heteroatoms. The number of nitrogens with zero attached hydrogens (tertiary/aromatic N) is 1. The van der Waals surface area contributed by atoms with E-state index in [1.165, 1.54) is 23.5 Å². The van der Waals surface area contributed by atoms with Crippen molar-refractivity contribution in [2.75, 3.05) is 5.32 Å². The van der Waals surface area contributed by atoms with Gasteiger partial charge in [0.25, 0.3) is 11.7 Å². The van der Waals surface area contributed by atoms with Gasteiger partial charge in [-0.2, -0.15) is 8.78 Å². The molecule has 0 radical (unpaired) electrons. The van der Waals surface area contributed by atoms with Crippen LogP contribution in [-0.2, 0) is 0 Å². The van der Waals surface area contributed by atoms with Crippen LogP contribution >= 0.6 is 23.1 Å². The van der Waals surface area contributed by atoms with E-state index in [4.69, 9.17) is 0 Å². The Morgan fingerprint density at radius 1 is 1.33 bits per heavy atom. The van der Waals surface area contributed by atoms with Gasteiger partial charge in [-0.15, -0.1) is 11.3 Å². The van der Waals surface area contributed by atoms with E-state index in [-0.39, 0.29) is 5.91 Å². The second-order valence-corrected chi connectivity index (χ2v) is 5.01. The number of carbonyl (C=O) groups is 1. The molecule has 18 heavy (non-hydrogen) atoms. The zero-order valence-corrected chi connectivity index (χ0v) is 10.6. The molecule has 0 spiro atoms. The van der Waals surface area contributed by atoms with Crippen LogP contribution in [0.25, 0.3) is 0 Å². The van der Waals surface area contributed by atoms with Crippen molar-refractivity contribution in [3.8, 4) is 0 Å². The van der Waals surface area contributed by atoms with Gasteiger partial charge in [0.15, 0.2) is 0 Å². The lowest BCUT2D eigenvalue weighted by Gasteiger charge is -2.04. The molecule has 3 nitrogen and oxygen atoms in total. The molecule has 1 N–H and O–H groups in total. The van der Waals surface area contributed by atoms with Gasteiger partial charge in [0.2, 0.25) is 0 Å². The number of carbonyl (C=O) groups excluding carboxylic acids is 1. The third-order valence-corrected chi connectivity index (χ3v) is 3.31. The second kappa shape index (κ2) is 5.92. The van der Waals surface area contributed by atoms with Crippen molar-refractivity contribution in [2.24, 2.45) is 0 Å². The normalized spacial score (nSPS) is 10.6. The van der Waals surface area contributed by atoms with Crippen molar-refractivity contribution in [3.05, 3.63) is 40.8 Å². The van der Waals surface area contributed by atoms with Gasteiger partial charge >= 0.3 is 0 Å². The molecule has 0 unspecified atom stereocenters. The lowest BCUT2D eigenvalue weighted by Crippen LogP contribution is -2.11. The van der Waals surface area contributed by atoms with Crippen LogP contribution in [0.1, 0.15) is 10.5 Å². The fourth-order valence-corrected chi connectivity index (χ4v) is 2.27. The smallest absolute Gasteiger partial charge is 0.288 e. The molecule has 1 aromatic heterocycles. The van der Waals surface area contributed by atoms with Crippen molar-refractivity contribution in [1.82, 2.24) is 4.98 Å². The minimum atomic E-state index is -2.44. The predicted molar refractivity (Wildman–Crippen MR) is 68.4 cm³/mol. The largest absolute Gasteiger partial charge is 0.321 e. The van der Waals surface area contributed by atoms with Crippen molar-refractivity contribution in [2.45, 2.75) is 10.7 Å². The topological polar surface area (TPSA) is 42.0 Å². The highest BCUT2D eigenvalue weighted by atomic mass is 32.2. The second-order valence-electron chi connectivity index (χ2n) is 3.23. The third kappa shape index (κ3) is 3.51. The molecule has 0 saturated heterocycles. The molecule has 1 amide bonds. The number of halogens is 2. The van der Waals surface area contributed by atoms with Crippen molar-refractivity contribution in [3.63, 3.8) is 0 Å². The molecule has 0 atom stereocenters. The van der Waals surface area contributed by atoms with E-state index in [9.17, 15) is 13.6 Å². The molecule has 1 heterocycles. The number of aromatic nitrogens is 1. The quantitative estimate of drug-likeness (QED) is 0.871. The Kier molecular flexibility index (Phi) is 4.27. The van der Waals surface area contributed by atoms with Crippen LogP contribution in [0.15, 0.2) is 40.1 Å². The van der Waals surface area contributed by atoms with Crippen LogP contribution in [0.2, 0.25) is 0 Å². The van der Waals surface area contributed by atoms with E-state index in [1.807, 2.05) is 0 Å². The number of anilines is 1. The molecule has 94 valence electrons. The van der Waals surface area contributed by atoms with Crippen LogP contribution in [0.3, 0.4) is 0 Å². The van der Waals surface area contributed by atoms with E-state index >= 15 is 0 Å². The Morgan fingerprint density at radius 3 is 2.61 bits per heavy atom. The minimum Gasteiger partial charge on any atom is -0.321 e. The fraction of sp³-hybridized carbons (Fsp3) is 0.0909. The lowest BCUT2D eigenvalue weighted by molar-refractivity contribution is 0.102. The number of benzene rings is 1. The maximum absolute atomic E-state index is 12.1. The van der Waals surface area contributed by atoms with Crippen molar-refractivity contribution < 1.29 is 13.6 Å². The molecule has 0 bridgehead atoms. The number of nitrogens with one attached hydrogen (secondary N) is 1. The van der Waals surface area contributed by atoms with E-state index in [0.29, 0.717) is 28.0 Å². The van der Waals surface area contributed by atoms with Gasteiger partial charge in [-0.1, -0.05) is 11.8 Å². The molecular formula is C11H8F2N2OS2. The molecule has 0 saturated carbocycles. The Morgan fingerprint density at radius 2 is 2.06 bits per heavy atom. The maximum atomic E-state index is 12.1. The van der Waals surface area contributed by atoms with Gasteiger partial charge in [-0.05, 0) is 24.3 Å². The van der Waals surface area contributed by atoms with Gasteiger partial charge in [0.05, 0.1) is 5.51 Å². The molecule has 2 aromatic rings. The Hall–Kier alpha value is -1.47. The van der Waals surface area contributed by atoms with Gasteiger partial charge in [0, 0.05) is 16.0 Å². The highest BCUT2D eigenvalue weighted by molar-refractivity contribution is 7.99. The average molecular weight is 286 g/mol. The Bertz CT molecular complexity index is 514. The van der Waals surface area contributed by atoms with Gasteiger partial charge in [-0.25, -0.2) is 4.98 Å². The summed E-state index contributed by atoms with van der Waals surface area (Å²) in [5.41, 5.74) is 2.45. The molecule has 0 aliphatic carbocycles. The van der Waals surface area contributed by atoms with Crippen LogP contribution in [-0.4, -0.2) is 16.6 Å². The van der Waals surface area contributed by atoms with Crippen LogP contribution in [0.4, 0.5) is 14.5 Å². The first-order valence-corrected chi connectivity index (χ1v) is 6.72. The van der Waals surface area contributed by atoms with E-state index in [2.05, 4.69) is 10.3 Å². The number of thiazole rings is 1. The zero-order chi connectivity index (χ0) is 13.0. The summed E-state index contributed by atoms with van der Waals surface area (Å²) in [6, 6.07) is 6.23. The average Bonchev–Trinajstić information content (AvgIpc) is 2.84. The maximum Gasteiger partial charge on any atom is 0.288 e. The number of hydrogen-bond acceptors (Lipinski definition) is 4. The van der Waals surface area contributed by atoms with Gasteiger partial charge in [0.1, 0.15) is 5.69 Å². The first-order chi connectivity index (χ1) is 8.65. The number of thioether (sulfide) groups is 1. The summed E-state index contributed by atoms with van der Waals surface area (Å²) in [6.07, 6.45) is 0. The summed E-state index contributed by atoms with van der Waals surface area (Å²) in [5.74, 6) is -2.76. The summed E-state index contributed by atoms with van der Waals surface area (Å²) >= 11 is 1.80. The predicted octanol–water partition coefficient (Wildman–Crippen LogP) is 3.71. The number of hydrogen-bond donors (Lipinski definition) is 1. The van der Waals surface area contributed by atoms with Crippen LogP contribution in [0.5, 0.6) is 0 Å². The highest BCUT2D eigenvalue weighted by Gasteiger charge is 2.08. The van der Waals surface area contributed by atoms with Gasteiger partial charge < -0.3 is 5.32 Å². The molecule has 0 fully saturated rings. The molecule has 1 aromatic carbocycles. The first kappa shape index (κ1) is 13.0. The summed E-state index contributed by atoms with van der Waals surface area (Å²) in [4.78, 5) is 16.0. The fourth-order valence-electron chi connectivity index (χ4n) is 1.24. The van der Waals surface area contributed by atoms with Crippen LogP contribution in [0, 0.1) is 0 Å². The van der Waals surface area contributed by atoms with E-state index in [0.717, 1.165) is 0 Å². The molecule has 0 aliphatic heterocycles. The van der Waals surface area contributed by atoms with E-state index < -0.39 is 5.76 Å². The number of amides is 1. The molecule has 0 aliphatic rings. The summed E-state index contributed by atoms with van der Waals surface area (Å²) in [7, 11) is 0. The summed E-state index contributed by atoms with van der Waals surface area (Å²) in [6.45, 7) is 0. The zero-order valence-electron chi connectivity index (χ0n) is 8.97. The first-order valence-electron chi connectivity index (χ1n) is 4.89. The standard InChI is InChI=1S/C11H8F2N2OS2/c12-11(13)18-8-3-1-7(2-4-8)15-10(16)9-5-17-6-14-9/h1-6,11H,(H,15,16). The highest BCUT2D eigenvalue weighted by Crippen LogP contribution is 2.26. The van der Waals surface area contributed by atoms with Crippen LogP contribution < -0.4 is 5.32 Å². The summed E-state index contributed by atoms with van der Waals surface area (Å²) < 4.78 is 24.2. The molecular weight excluding hydrogens is 278 g/mol. The minimum absolute atomic E-state index is 0.314. The third-order valence-electron chi connectivity index (χ3n) is 2.00. The molecule has 2 rings (SSSR count). The lowest BCUT2D eigenvalue weighted by atomic mass is 10.3. The summed E-state index contributed by atoms with van der Waals surface area (Å²) in [5, 5.41) is 4.27. The SMILES string of the molecule is O=C(Nc1ccc(SC(F)F)cc1)c1cscn1. The van der Waals surface area contributed by atoms with E-state index in [1.54, 1.807) is 23.0 Å².